The first-order valence-corrected chi connectivity index (χ1v) is 10.3. The number of fused-ring (bicyclic) bond motifs is 2. The van der Waals surface area contributed by atoms with Gasteiger partial charge in [-0.15, -0.1) is 11.3 Å². The molecule has 0 unspecified atom stereocenters. The number of nitrogens with zero attached hydrogens (tertiary/aromatic N) is 2. The van der Waals surface area contributed by atoms with Crippen molar-refractivity contribution in [1.82, 2.24) is 9.78 Å². The van der Waals surface area contributed by atoms with Crippen molar-refractivity contribution in [3.8, 4) is 0 Å². The van der Waals surface area contributed by atoms with E-state index in [4.69, 9.17) is 5.10 Å². The molecule has 1 aromatic carbocycles. The van der Waals surface area contributed by atoms with Gasteiger partial charge in [-0.1, -0.05) is 31.3 Å². The van der Waals surface area contributed by atoms with Gasteiger partial charge in [0.1, 0.15) is 6.71 Å². The van der Waals surface area contributed by atoms with Crippen LogP contribution in [0, 0.1) is 6.92 Å². The van der Waals surface area contributed by atoms with Crippen LogP contribution in [0.2, 0.25) is 13.6 Å². The molecule has 126 valence electrons. The molecular weight excluding hydrogens is 347 g/mol. The zero-order valence-electron chi connectivity index (χ0n) is 14.6. The van der Waals surface area contributed by atoms with Gasteiger partial charge in [0.15, 0.2) is 0 Å². The fourth-order valence-corrected chi connectivity index (χ4v) is 4.96. The minimum absolute atomic E-state index is 0.00996. The predicted octanol–water partition coefficient (Wildman–Crippen LogP) is 4.87. The fraction of sp³-hybridized carbons (Fsp3) is 0.263. The van der Waals surface area contributed by atoms with Crippen molar-refractivity contribution >= 4 is 50.2 Å². The highest BCUT2D eigenvalue weighted by Crippen LogP contribution is 2.27. The quantitative estimate of drug-likeness (QED) is 0.483. The van der Waals surface area contributed by atoms with Crippen LogP contribution < -0.4 is 5.56 Å². The van der Waals surface area contributed by atoms with E-state index in [9.17, 15) is 4.79 Å². The van der Waals surface area contributed by atoms with Crippen LogP contribution in [0.25, 0.3) is 20.9 Å². The average molecular weight is 366 g/mol. The summed E-state index contributed by atoms with van der Waals surface area (Å²) in [6, 6.07) is 6.48. The maximum Gasteiger partial charge on any atom is 0.275 e. The van der Waals surface area contributed by atoms with Crippen LogP contribution in [0.15, 0.2) is 39.1 Å². The van der Waals surface area contributed by atoms with Crippen LogP contribution in [0.3, 0.4) is 0 Å². The minimum Gasteiger partial charge on any atom is -0.267 e. The summed E-state index contributed by atoms with van der Waals surface area (Å²) >= 11 is 3.30. The largest absolute Gasteiger partial charge is 0.275 e. The zero-order valence-corrected chi connectivity index (χ0v) is 16.2. The lowest BCUT2D eigenvalue weighted by Gasteiger charge is -2.10. The smallest absolute Gasteiger partial charge is 0.267 e. The molecule has 0 N–H and O–H groups in total. The molecule has 4 rings (SSSR count). The van der Waals surface area contributed by atoms with Gasteiger partial charge in [-0.3, -0.25) is 4.79 Å². The molecule has 3 aromatic heterocycles. The second-order valence-corrected chi connectivity index (χ2v) is 8.62. The van der Waals surface area contributed by atoms with Crippen LogP contribution in [-0.4, -0.2) is 16.5 Å². The minimum atomic E-state index is 0.00996. The second kappa shape index (κ2) is 6.43. The molecule has 0 radical (unpaired) electrons. The Morgan fingerprint density at radius 3 is 2.72 bits per heavy atom. The summed E-state index contributed by atoms with van der Waals surface area (Å²) in [6.45, 7) is 7.50. The SMILES string of the molecule is CB(C)Cc1nn(Cc2csc3ccc(C)cc23)c(=O)c2cscc12. The number of hydrogen-bond acceptors (Lipinski definition) is 4. The van der Waals surface area contributed by atoms with Crippen molar-refractivity contribution in [2.75, 3.05) is 0 Å². The van der Waals surface area contributed by atoms with Gasteiger partial charge in [0.2, 0.25) is 0 Å². The monoisotopic (exact) mass is 366 g/mol. The Morgan fingerprint density at radius 1 is 1.12 bits per heavy atom. The van der Waals surface area contributed by atoms with Gasteiger partial charge in [0, 0.05) is 20.8 Å². The molecule has 0 aliphatic heterocycles. The summed E-state index contributed by atoms with van der Waals surface area (Å²) < 4.78 is 2.91. The average Bonchev–Trinajstić information content (AvgIpc) is 3.19. The summed E-state index contributed by atoms with van der Waals surface area (Å²) in [4.78, 5) is 12.9. The van der Waals surface area contributed by atoms with E-state index in [1.807, 2.05) is 5.38 Å². The van der Waals surface area contributed by atoms with Crippen LogP contribution in [-0.2, 0) is 12.9 Å². The number of rotatable bonds is 4. The van der Waals surface area contributed by atoms with Gasteiger partial charge >= 0.3 is 0 Å². The molecule has 6 heteroatoms. The fourth-order valence-electron chi connectivity index (χ4n) is 3.19. The third-order valence-corrected chi connectivity index (χ3v) is 6.17. The van der Waals surface area contributed by atoms with Gasteiger partial charge in [-0.2, -0.15) is 16.4 Å². The van der Waals surface area contributed by atoms with Crippen LogP contribution in [0.5, 0.6) is 0 Å². The summed E-state index contributed by atoms with van der Waals surface area (Å²) in [5, 5.41) is 13.9. The maximum absolute atomic E-state index is 12.9. The van der Waals surface area contributed by atoms with E-state index >= 15 is 0 Å². The van der Waals surface area contributed by atoms with Gasteiger partial charge in [-0.25, -0.2) is 4.68 Å². The molecule has 0 saturated carbocycles. The Kier molecular flexibility index (Phi) is 4.25. The van der Waals surface area contributed by atoms with Gasteiger partial charge < -0.3 is 0 Å². The Labute approximate surface area is 155 Å². The third-order valence-electron chi connectivity index (χ3n) is 4.41. The molecule has 3 nitrogen and oxygen atoms in total. The molecule has 0 amide bonds. The molecule has 4 aromatic rings. The van der Waals surface area contributed by atoms with E-state index in [1.54, 1.807) is 27.4 Å². The van der Waals surface area contributed by atoms with Gasteiger partial charge in [0.05, 0.1) is 17.6 Å². The van der Waals surface area contributed by atoms with Crippen molar-refractivity contribution in [2.24, 2.45) is 0 Å². The maximum atomic E-state index is 12.9. The van der Waals surface area contributed by atoms with E-state index in [0.29, 0.717) is 13.3 Å². The lowest BCUT2D eigenvalue weighted by atomic mass is 9.51. The Balaban J connectivity index is 1.84. The summed E-state index contributed by atoms with van der Waals surface area (Å²) in [7, 11) is 0. The standard InChI is InChI=1S/C19H19BN2OS2/c1-12-4-5-18-14(6-12)13(9-25-18)8-22-19(23)16-11-24-10-15(16)17(21-22)7-20(2)3/h4-6,9-11H,7-8H2,1-3H3. The lowest BCUT2D eigenvalue weighted by Crippen LogP contribution is -2.25. The summed E-state index contributed by atoms with van der Waals surface area (Å²) in [5.41, 5.74) is 3.45. The van der Waals surface area contributed by atoms with E-state index in [2.05, 4.69) is 49.5 Å². The van der Waals surface area contributed by atoms with Crippen LogP contribution in [0.1, 0.15) is 16.8 Å². The number of benzene rings is 1. The first kappa shape index (κ1) is 16.5. The van der Waals surface area contributed by atoms with Crippen molar-refractivity contribution in [1.29, 1.82) is 0 Å². The van der Waals surface area contributed by atoms with E-state index < -0.39 is 0 Å². The van der Waals surface area contributed by atoms with Gasteiger partial charge in [0.25, 0.3) is 5.56 Å². The predicted molar refractivity (Wildman–Crippen MR) is 111 cm³/mol. The number of aryl methyl sites for hydroxylation is 1. The first-order chi connectivity index (χ1) is 12.0. The second-order valence-electron chi connectivity index (χ2n) is 6.97. The van der Waals surface area contributed by atoms with E-state index in [0.717, 1.165) is 22.8 Å². The van der Waals surface area contributed by atoms with Crippen LogP contribution in [0.4, 0.5) is 0 Å². The third kappa shape index (κ3) is 3.05. The zero-order chi connectivity index (χ0) is 17.6. The molecular formula is C19H19BN2OS2. The highest BCUT2D eigenvalue weighted by atomic mass is 32.1. The number of aromatic nitrogens is 2. The Bertz CT molecular complexity index is 1120. The van der Waals surface area contributed by atoms with Crippen molar-refractivity contribution in [3.63, 3.8) is 0 Å². The summed E-state index contributed by atoms with van der Waals surface area (Å²) in [6.07, 6.45) is 0.886. The lowest BCUT2D eigenvalue weighted by molar-refractivity contribution is 0.639. The van der Waals surface area contributed by atoms with Crippen LogP contribution >= 0.6 is 22.7 Å². The molecule has 0 bridgehead atoms. The van der Waals surface area contributed by atoms with E-state index in [1.165, 1.54) is 21.2 Å². The Morgan fingerprint density at radius 2 is 1.92 bits per heavy atom. The van der Waals surface area contributed by atoms with Crippen molar-refractivity contribution in [3.05, 3.63) is 61.5 Å². The first-order valence-electron chi connectivity index (χ1n) is 8.45. The Hall–Kier alpha value is -1.92. The van der Waals surface area contributed by atoms with Crippen molar-refractivity contribution in [2.45, 2.75) is 33.4 Å². The van der Waals surface area contributed by atoms with E-state index in [-0.39, 0.29) is 5.56 Å². The number of thiophene rings is 2. The molecule has 0 saturated heterocycles. The highest BCUT2D eigenvalue weighted by Gasteiger charge is 2.15. The molecule has 0 aliphatic rings. The normalized spacial score (nSPS) is 11.5. The molecule has 0 spiro atoms. The van der Waals surface area contributed by atoms with Gasteiger partial charge in [-0.05, 0) is 35.6 Å². The topological polar surface area (TPSA) is 34.9 Å². The molecule has 0 aliphatic carbocycles. The summed E-state index contributed by atoms with van der Waals surface area (Å²) in [5.74, 6) is 0. The molecule has 0 fully saturated rings. The number of hydrogen-bond donors (Lipinski definition) is 0. The van der Waals surface area contributed by atoms with Crippen molar-refractivity contribution < 1.29 is 0 Å². The molecule has 3 heterocycles. The molecule has 25 heavy (non-hydrogen) atoms. The molecule has 0 atom stereocenters. The highest BCUT2D eigenvalue weighted by molar-refractivity contribution is 7.17.